The van der Waals surface area contributed by atoms with E-state index in [9.17, 15) is 0 Å². The molecule has 16 heavy (non-hydrogen) atoms. The van der Waals surface area contributed by atoms with Gasteiger partial charge in [-0.25, -0.2) is 0 Å². The van der Waals surface area contributed by atoms with Crippen LogP contribution in [0.4, 0.5) is 11.5 Å². The van der Waals surface area contributed by atoms with Crippen molar-refractivity contribution >= 4 is 11.5 Å². The summed E-state index contributed by atoms with van der Waals surface area (Å²) in [6.45, 7) is 2.73. The number of rotatable bonds is 3. The first-order valence-corrected chi connectivity index (χ1v) is 5.23. The molecule has 0 aliphatic rings. The van der Waals surface area contributed by atoms with Crippen LogP contribution in [0.25, 0.3) is 0 Å². The zero-order chi connectivity index (χ0) is 12.1. The van der Waals surface area contributed by atoms with Crippen LogP contribution in [0.15, 0.2) is 11.1 Å². The van der Waals surface area contributed by atoms with Crippen molar-refractivity contribution in [3.8, 4) is 6.07 Å². The zero-order valence-electron chi connectivity index (χ0n) is 9.91. The Morgan fingerprint density at radius 2 is 2.31 bits per heavy atom. The number of nitrogens with two attached hydrogens (primary N) is 1. The van der Waals surface area contributed by atoms with E-state index in [0.29, 0.717) is 29.1 Å². The number of nitriles is 1. The van der Waals surface area contributed by atoms with E-state index in [0.717, 1.165) is 6.42 Å². The number of hydrogen-bond acceptors (Lipinski definition) is 4. The third-order valence-corrected chi connectivity index (χ3v) is 2.36. The molecule has 0 unspecified atom stereocenters. The molecule has 0 atom stereocenters. The van der Waals surface area contributed by atoms with E-state index >= 15 is 0 Å². The molecule has 0 aliphatic carbocycles. The van der Waals surface area contributed by atoms with Crippen LogP contribution in [-0.4, -0.2) is 18.2 Å². The monoisotopic (exact) mass is 219 g/mol. The van der Waals surface area contributed by atoms with Gasteiger partial charge in [0.1, 0.15) is 22.9 Å². The Balaban J connectivity index is 3.55. The second-order valence-corrected chi connectivity index (χ2v) is 3.48. The van der Waals surface area contributed by atoms with Gasteiger partial charge in [-0.2, -0.15) is 5.26 Å². The van der Waals surface area contributed by atoms with Gasteiger partial charge < -0.3 is 15.6 Å². The lowest BCUT2D eigenvalue weighted by atomic mass is 10.2. The lowest BCUT2D eigenvalue weighted by Crippen LogP contribution is -2.25. The fourth-order valence-corrected chi connectivity index (χ4v) is 1.44. The fraction of sp³-hybridized carbons (Fsp3) is 0.455. The van der Waals surface area contributed by atoms with Crippen LogP contribution in [0.2, 0.25) is 0 Å². The van der Waals surface area contributed by atoms with E-state index in [1.54, 1.807) is 17.7 Å². The summed E-state index contributed by atoms with van der Waals surface area (Å²) in [6.07, 6.45) is 0.939. The van der Waals surface area contributed by atoms with Gasteiger partial charge in [-0.15, -0.1) is 0 Å². The van der Waals surface area contributed by atoms with Gasteiger partial charge in [-0.05, 0) is 6.42 Å². The summed E-state index contributed by atoms with van der Waals surface area (Å²) in [5, 5.41) is 12.1. The van der Waals surface area contributed by atoms with Crippen molar-refractivity contribution < 1.29 is 0 Å². The van der Waals surface area contributed by atoms with Crippen molar-refractivity contribution in [1.29, 1.82) is 5.26 Å². The Bertz CT molecular complexity index is 478. The Morgan fingerprint density at radius 3 is 2.81 bits per heavy atom. The van der Waals surface area contributed by atoms with Crippen molar-refractivity contribution in [2.24, 2.45) is 12.0 Å². The van der Waals surface area contributed by atoms with Gasteiger partial charge in [-0.3, -0.25) is 4.99 Å². The maximum absolute atomic E-state index is 9.14. The summed E-state index contributed by atoms with van der Waals surface area (Å²) in [5.41, 5.74) is 7.73. The summed E-state index contributed by atoms with van der Waals surface area (Å²) in [5.74, 6) is 0.582. The van der Waals surface area contributed by atoms with Crippen molar-refractivity contribution in [1.82, 2.24) is 4.57 Å². The molecule has 1 aromatic heterocycles. The lowest BCUT2D eigenvalue weighted by Gasteiger charge is -2.11. The first kappa shape index (κ1) is 12.1. The second kappa shape index (κ2) is 5.21. The van der Waals surface area contributed by atoms with Crippen LogP contribution in [-0.2, 0) is 7.05 Å². The molecule has 3 N–H and O–H groups in total. The van der Waals surface area contributed by atoms with Crippen LogP contribution >= 0.6 is 0 Å². The molecule has 0 bridgehead atoms. The highest BCUT2D eigenvalue weighted by molar-refractivity contribution is 5.60. The normalized spacial score (nSPS) is 11.2. The smallest absolute Gasteiger partial charge is 0.149 e. The Hall–Kier alpha value is -1.96. The lowest BCUT2D eigenvalue weighted by molar-refractivity contribution is 0.794. The van der Waals surface area contributed by atoms with E-state index < -0.39 is 0 Å². The number of nitrogens with zero attached hydrogens (tertiary/aromatic N) is 3. The topological polar surface area (TPSA) is 79.1 Å². The maximum atomic E-state index is 9.14. The number of aromatic nitrogens is 1. The van der Waals surface area contributed by atoms with Crippen molar-refractivity contribution in [3.05, 3.63) is 17.1 Å². The SMILES string of the molecule is CCC/N=c1/c(C#N)c(NC)cc(N)n1C. The Kier molecular flexibility index (Phi) is 3.95. The predicted molar refractivity (Wildman–Crippen MR) is 64.8 cm³/mol. The summed E-state index contributed by atoms with van der Waals surface area (Å²) in [6, 6.07) is 3.90. The first-order valence-electron chi connectivity index (χ1n) is 5.23. The molecule has 5 heteroatoms. The molecule has 0 aromatic carbocycles. The molecule has 5 nitrogen and oxygen atoms in total. The highest BCUT2D eigenvalue weighted by atomic mass is 15.1. The zero-order valence-corrected chi connectivity index (χ0v) is 9.91. The molecular formula is C11H17N5. The van der Waals surface area contributed by atoms with Gasteiger partial charge in [0.2, 0.25) is 0 Å². The third kappa shape index (κ3) is 2.16. The van der Waals surface area contributed by atoms with Crippen LogP contribution in [0.1, 0.15) is 18.9 Å². The van der Waals surface area contributed by atoms with E-state index in [4.69, 9.17) is 11.0 Å². The van der Waals surface area contributed by atoms with Gasteiger partial charge in [0.05, 0.1) is 5.69 Å². The number of hydrogen-bond donors (Lipinski definition) is 2. The fourth-order valence-electron chi connectivity index (χ4n) is 1.44. The molecule has 0 radical (unpaired) electrons. The molecule has 0 aliphatic heterocycles. The van der Waals surface area contributed by atoms with Crippen LogP contribution in [0, 0.1) is 11.3 Å². The van der Waals surface area contributed by atoms with Crippen LogP contribution < -0.4 is 16.5 Å². The van der Waals surface area contributed by atoms with Gasteiger partial charge in [0, 0.05) is 26.7 Å². The van der Waals surface area contributed by atoms with Crippen LogP contribution in [0.3, 0.4) is 0 Å². The molecule has 1 rings (SSSR count). The van der Waals surface area contributed by atoms with Crippen molar-refractivity contribution in [2.75, 3.05) is 24.6 Å². The summed E-state index contributed by atoms with van der Waals surface area (Å²) < 4.78 is 1.73. The van der Waals surface area contributed by atoms with E-state index in [1.807, 2.05) is 14.0 Å². The predicted octanol–water partition coefficient (Wildman–Crippen LogP) is 0.831. The van der Waals surface area contributed by atoms with E-state index in [2.05, 4.69) is 16.4 Å². The summed E-state index contributed by atoms with van der Waals surface area (Å²) in [4.78, 5) is 4.38. The molecule has 1 heterocycles. The Morgan fingerprint density at radius 1 is 1.62 bits per heavy atom. The molecule has 0 saturated heterocycles. The minimum absolute atomic E-state index is 0.535. The van der Waals surface area contributed by atoms with Gasteiger partial charge in [0.15, 0.2) is 0 Å². The highest BCUT2D eigenvalue weighted by Crippen LogP contribution is 2.13. The number of nitrogens with one attached hydrogen (secondary N) is 1. The van der Waals surface area contributed by atoms with Crippen LogP contribution in [0.5, 0.6) is 0 Å². The third-order valence-electron chi connectivity index (χ3n) is 2.36. The molecular weight excluding hydrogens is 202 g/mol. The quantitative estimate of drug-likeness (QED) is 0.790. The average molecular weight is 219 g/mol. The molecule has 0 fully saturated rings. The first-order chi connectivity index (χ1) is 7.65. The van der Waals surface area contributed by atoms with Crippen molar-refractivity contribution in [3.63, 3.8) is 0 Å². The standard InChI is InChI=1S/C11H17N5/c1-4-5-15-11-8(7-12)9(14-2)6-10(13)16(11)3/h6,14H,4-5,13H2,1-3H3/b15-11-. The molecule has 86 valence electrons. The van der Waals surface area contributed by atoms with E-state index in [1.165, 1.54) is 0 Å². The van der Waals surface area contributed by atoms with Gasteiger partial charge in [-0.1, -0.05) is 6.92 Å². The minimum Gasteiger partial charge on any atom is -0.387 e. The average Bonchev–Trinajstić information content (AvgIpc) is 2.30. The van der Waals surface area contributed by atoms with Gasteiger partial charge in [0.25, 0.3) is 0 Å². The molecule has 0 amide bonds. The largest absolute Gasteiger partial charge is 0.387 e. The number of anilines is 2. The second-order valence-electron chi connectivity index (χ2n) is 3.48. The summed E-state index contributed by atoms with van der Waals surface area (Å²) >= 11 is 0. The molecule has 1 aromatic rings. The summed E-state index contributed by atoms with van der Waals surface area (Å²) in [7, 11) is 3.57. The Labute approximate surface area is 95.2 Å². The maximum Gasteiger partial charge on any atom is 0.149 e. The highest BCUT2D eigenvalue weighted by Gasteiger charge is 2.07. The molecule has 0 spiro atoms. The number of pyridine rings is 1. The van der Waals surface area contributed by atoms with Gasteiger partial charge >= 0.3 is 0 Å². The molecule has 0 saturated carbocycles. The van der Waals surface area contributed by atoms with Crippen molar-refractivity contribution in [2.45, 2.75) is 13.3 Å². The van der Waals surface area contributed by atoms with E-state index in [-0.39, 0.29) is 0 Å². The minimum atomic E-state index is 0.535. The number of nitrogen functional groups attached to an aromatic ring is 1.